The van der Waals surface area contributed by atoms with Crippen LogP contribution in [0.5, 0.6) is 0 Å². The van der Waals surface area contributed by atoms with Crippen molar-refractivity contribution in [3.8, 4) is 11.1 Å². The second-order valence-electron chi connectivity index (χ2n) is 7.07. The maximum Gasteiger partial charge on any atom is 0.357 e. The lowest BCUT2D eigenvalue weighted by Crippen LogP contribution is -2.22. The third kappa shape index (κ3) is 5.08. The molecule has 1 N–H and O–H groups in total. The third-order valence-electron chi connectivity index (χ3n) is 4.83. The number of anilines is 1. The van der Waals surface area contributed by atoms with Gasteiger partial charge in [0.05, 0.1) is 12.1 Å². The molecule has 0 unspecified atom stereocenters. The molecule has 0 aliphatic rings. The largest absolute Gasteiger partial charge is 0.462 e. The first kappa shape index (κ1) is 23.4. The highest BCUT2D eigenvalue weighted by Crippen LogP contribution is 2.39. The highest BCUT2D eigenvalue weighted by Gasteiger charge is 2.24. The number of esters is 2. The van der Waals surface area contributed by atoms with Crippen LogP contribution in [-0.4, -0.2) is 36.0 Å². The minimum atomic E-state index is -0.727. The van der Waals surface area contributed by atoms with Crippen LogP contribution in [0.4, 0.5) is 5.00 Å². The number of hydrogen-bond acceptors (Lipinski definition) is 7. The molecule has 0 bridgehead atoms. The van der Waals surface area contributed by atoms with Crippen molar-refractivity contribution in [3.05, 3.63) is 82.3 Å². The zero-order chi connectivity index (χ0) is 24.1. The fraction of sp³-hybridized carbons (Fsp3) is 0.120. The van der Waals surface area contributed by atoms with Gasteiger partial charge in [0.25, 0.3) is 5.91 Å². The number of rotatable bonds is 7. The van der Waals surface area contributed by atoms with Gasteiger partial charge in [-0.3, -0.25) is 4.79 Å². The van der Waals surface area contributed by atoms with Crippen molar-refractivity contribution >= 4 is 56.7 Å². The molecule has 7 nitrogen and oxygen atoms in total. The van der Waals surface area contributed by atoms with Gasteiger partial charge in [0.1, 0.15) is 16.3 Å². The summed E-state index contributed by atoms with van der Waals surface area (Å²) in [4.78, 5) is 41.8. The first-order chi connectivity index (χ1) is 16.5. The second-order valence-corrected chi connectivity index (χ2v) is 8.35. The van der Waals surface area contributed by atoms with Crippen LogP contribution in [0.2, 0.25) is 5.02 Å². The number of carbonyl (C=O) groups is 3. The molecule has 1 amide bonds. The minimum Gasteiger partial charge on any atom is -0.462 e. The number of aromatic nitrogens is 1. The molecular formula is C25H19ClN2O5S. The quantitative estimate of drug-likeness (QED) is 0.336. The number of ether oxygens (including phenoxy) is 2. The summed E-state index contributed by atoms with van der Waals surface area (Å²) in [7, 11) is 0. The first-order valence-corrected chi connectivity index (χ1v) is 11.6. The van der Waals surface area contributed by atoms with E-state index >= 15 is 0 Å². The summed E-state index contributed by atoms with van der Waals surface area (Å²) >= 11 is 7.46. The summed E-state index contributed by atoms with van der Waals surface area (Å²) in [5.41, 5.74) is 2.11. The van der Waals surface area contributed by atoms with E-state index in [-0.39, 0.29) is 22.9 Å². The van der Waals surface area contributed by atoms with E-state index in [4.69, 9.17) is 21.1 Å². The molecule has 172 valence electrons. The maximum absolute atomic E-state index is 12.7. The van der Waals surface area contributed by atoms with Crippen LogP contribution in [0, 0.1) is 0 Å². The highest BCUT2D eigenvalue weighted by atomic mass is 35.5. The summed E-state index contributed by atoms with van der Waals surface area (Å²) in [6, 6.07) is 17.7. The van der Waals surface area contributed by atoms with E-state index in [1.54, 1.807) is 48.7 Å². The van der Waals surface area contributed by atoms with Gasteiger partial charge in [0.15, 0.2) is 6.61 Å². The fourth-order valence-corrected chi connectivity index (χ4v) is 4.48. The molecular weight excluding hydrogens is 476 g/mol. The van der Waals surface area contributed by atoms with Crippen LogP contribution in [0.3, 0.4) is 0 Å². The number of carbonyl (C=O) groups excluding carboxylic acids is 3. The Morgan fingerprint density at radius 1 is 0.941 bits per heavy atom. The zero-order valence-electron chi connectivity index (χ0n) is 18.0. The van der Waals surface area contributed by atoms with Crippen molar-refractivity contribution in [1.82, 2.24) is 4.98 Å². The maximum atomic E-state index is 12.7. The number of hydrogen-bond donors (Lipinski definition) is 1. The molecule has 34 heavy (non-hydrogen) atoms. The molecule has 0 saturated carbocycles. The number of halogens is 1. The average molecular weight is 495 g/mol. The number of amides is 1. The first-order valence-electron chi connectivity index (χ1n) is 10.3. The van der Waals surface area contributed by atoms with E-state index < -0.39 is 24.5 Å². The van der Waals surface area contributed by atoms with Crippen LogP contribution < -0.4 is 5.32 Å². The lowest BCUT2D eigenvalue weighted by atomic mass is 10.0. The Morgan fingerprint density at radius 3 is 2.50 bits per heavy atom. The Labute approximate surface area is 204 Å². The van der Waals surface area contributed by atoms with Gasteiger partial charge in [-0.15, -0.1) is 11.3 Å². The second kappa shape index (κ2) is 10.5. The minimum absolute atomic E-state index is 0.0934. The summed E-state index contributed by atoms with van der Waals surface area (Å²) in [6.45, 7) is 1.31. The van der Waals surface area contributed by atoms with E-state index in [0.29, 0.717) is 21.7 Å². The average Bonchev–Trinajstić information content (AvgIpc) is 3.25. The fourth-order valence-electron chi connectivity index (χ4n) is 3.28. The summed E-state index contributed by atoms with van der Waals surface area (Å²) < 4.78 is 10.3. The Balaban J connectivity index is 1.49. The Bertz CT molecular complexity index is 1380. The van der Waals surface area contributed by atoms with Gasteiger partial charge in [-0.1, -0.05) is 54.1 Å². The molecule has 0 atom stereocenters. The molecule has 4 rings (SSSR count). The summed E-state index contributed by atoms with van der Waals surface area (Å²) in [5.74, 6) is -1.92. The predicted molar refractivity (Wildman–Crippen MR) is 131 cm³/mol. The molecule has 0 aliphatic carbocycles. The van der Waals surface area contributed by atoms with E-state index in [1.165, 1.54) is 6.07 Å². The molecule has 0 fully saturated rings. The number of fused-ring (bicyclic) bond motifs is 1. The summed E-state index contributed by atoms with van der Waals surface area (Å²) in [5, 5.41) is 5.97. The van der Waals surface area contributed by atoms with Gasteiger partial charge in [-0.25, -0.2) is 14.6 Å². The molecule has 2 aromatic heterocycles. The lowest BCUT2D eigenvalue weighted by Gasteiger charge is -2.10. The molecule has 0 spiro atoms. The molecule has 2 heterocycles. The van der Waals surface area contributed by atoms with Crippen molar-refractivity contribution < 1.29 is 23.9 Å². The van der Waals surface area contributed by atoms with E-state index in [1.807, 2.05) is 18.2 Å². The smallest absolute Gasteiger partial charge is 0.357 e. The SMILES string of the molecule is CCOC(=O)c1c(-c2ccccc2Cl)csc1NC(=O)COC(=O)c1ccc2ccccc2n1. The summed E-state index contributed by atoms with van der Waals surface area (Å²) in [6.07, 6.45) is 0. The van der Waals surface area contributed by atoms with Crippen molar-refractivity contribution in [3.63, 3.8) is 0 Å². The Kier molecular flexibility index (Phi) is 7.20. The van der Waals surface area contributed by atoms with E-state index in [9.17, 15) is 14.4 Å². The highest BCUT2D eigenvalue weighted by molar-refractivity contribution is 7.15. The Hall–Kier alpha value is -3.75. The van der Waals surface area contributed by atoms with Crippen LogP contribution in [0.15, 0.2) is 66.0 Å². The van der Waals surface area contributed by atoms with Crippen molar-refractivity contribution in [1.29, 1.82) is 0 Å². The number of thiophene rings is 1. The van der Waals surface area contributed by atoms with Crippen LogP contribution >= 0.6 is 22.9 Å². The molecule has 4 aromatic rings. The van der Waals surface area contributed by atoms with E-state index in [0.717, 1.165) is 16.7 Å². The normalized spacial score (nSPS) is 10.6. The van der Waals surface area contributed by atoms with Crippen molar-refractivity contribution in [2.75, 3.05) is 18.5 Å². The molecule has 0 radical (unpaired) electrons. The van der Waals surface area contributed by atoms with Crippen LogP contribution in [0.1, 0.15) is 27.8 Å². The molecule has 9 heteroatoms. The third-order valence-corrected chi connectivity index (χ3v) is 6.05. The van der Waals surface area contributed by atoms with Crippen LogP contribution in [0.25, 0.3) is 22.0 Å². The van der Waals surface area contributed by atoms with Gasteiger partial charge in [-0.2, -0.15) is 0 Å². The van der Waals surface area contributed by atoms with Crippen molar-refractivity contribution in [2.45, 2.75) is 6.92 Å². The van der Waals surface area contributed by atoms with Crippen molar-refractivity contribution in [2.24, 2.45) is 0 Å². The van der Waals surface area contributed by atoms with Gasteiger partial charge >= 0.3 is 11.9 Å². The number of nitrogens with one attached hydrogen (secondary N) is 1. The lowest BCUT2D eigenvalue weighted by molar-refractivity contribution is -0.119. The standard InChI is InChI=1S/C25H19ClN2O5S/c1-2-32-25(31)22-17(16-8-4-5-9-18(16)26)14-34-23(22)28-21(29)13-33-24(30)20-12-11-15-7-3-6-10-19(15)27-20/h3-12,14H,2,13H2,1H3,(H,28,29). The van der Waals surface area contributed by atoms with Gasteiger partial charge in [0.2, 0.25) is 0 Å². The molecule has 0 aliphatic heterocycles. The number of benzene rings is 2. The number of pyridine rings is 1. The topological polar surface area (TPSA) is 94.6 Å². The number of para-hydroxylation sites is 1. The van der Waals surface area contributed by atoms with Gasteiger partial charge in [0, 0.05) is 26.9 Å². The molecule has 0 saturated heterocycles. The van der Waals surface area contributed by atoms with Gasteiger partial charge < -0.3 is 14.8 Å². The predicted octanol–water partition coefficient (Wildman–Crippen LogP) is 5.59. The Morgan fingerprint density at radius 2 is 1.71 bits per heavy atom. The number of nitrogens with zero attached hydrogens (tertiary/aromatic N) is 1. The molecule has 2 aromatic carbocycles. The van der Waals surface area contributed by atoms with Crippen LogP contribution in [-0.2, 0) is 14.3 Å². The monoisotopic (exact) mass is 494 g/mol. The van der Waals surface area contributed by atoms with E-state index in [2.05, 4.69) is 10.3 Å². The van der Waals surface area contributed by atoms with Gasteiger partial charge in [-0.05, 0) is 25.1 Å². The zero-order valence-corrected chi connectivity index (χ0v) is 19.6.